The van der Waals surface area contributed by atoms with Gasteiger partial charge >= 0.3 is 0 Å². The SMILES string of the molecule is CS(=O)(=O)C1(C(=O)N2CCC[C@H]2C[C@@H](O)c2ccccc2)CC1. The van der Waals surface area contributed by atoms with Gasteiger partial charge in [-0.2, -0.15) is 0 Å². The number of hydrogen-bond donors (Lipinski definition) is 1. The summed E-state index contributed by atoms with van der Waals surface area (Å²) in [5.41, 5.74) is 0.830. The predicted molar refractivity (Wildman–Crippen MR) is 87.6 cm³/mol. The molecule has 0 spiro atoms. The van der Waals surface area contributed by atoms with Crippen molar-refractivity contribution in [2.75, 3.05) is 12.8 Å². The molecule has 1 aromatic carbocycles. The van der Waals surface area contributed by atoms with Crippen molar-refractivity contribution in [3.8, 4) is 0 Å². The van der Waals surface area contributed by atoms with Gasteiger partial charge in [0.2, 0.25) is 5.91 Å². The average molecular weight is 337 g/mol. The molecule has 0 bridgehead atoms. The highest BCUT2D eigenvalue weighted by Crippen LogP contribution is 2.46. The number of carbonyl (C=O) groups excluding carboxylic acids is 1. The molecule has 1 saturated heterocycles. The molecular formula is C17H23NO4S. The Kier molecular flexibility index (Phi) is 4.23. The summed E-state index contributed by atoms with van der Waals surface area (Å²) in [6, 6.07) is 9.29. The number of likely N-dealkylation sites (tertiary alicyclic amines) is 1. The van der Waals surface area contributed by atoms with E-state index in [4.69, 9.17) is 0 Å². The smallest absolute Gasteiger partial charge is 0.244 e. The first kappa shape index (κ1) is 16.5. The van der Waals surface area contributed by atoms with E-state index in [1.165, 1.54) is 0 Å². The molecule has 126 valence electrons. The van der Waals surface area contributed by atoms with Gasteiger partial charge in [0.05, 0.1) is 6.10 Å². The Labute approximate surface area is 137 Å². The molecule has 1 saturated carbocycles. The molecule has 1 N–H and O–H groups in total. The van der Waals surface area contributed by atoms with Gasteiger partial charge < -0.3 is 10.0 Å². The van der Waals surface area contributed by atoms with Crippen molar-refractivity contribution in [2.45, 2.75) is 49.0 Å². The number of sulfone groups is 1. The molecule has 1 amide bonds. The summed E-state index contributed by atoms with van der Waals surface area (Å²) < 4.78 is 22.7. The van der Waals surface area contributed by atoms with Crippen LogP contribution >= 0.6 is 0 Å². The summed E-state index contributed by atoms with van der Waals surface area (Å²) >= 11 is 0. The van der Waals surface area contributed by atoms with E-state index in [1.807, 2.05) is 30.3 Å². The molecule has 5 nitrogen and oxygen atoms in total. The number of aliphatic hydroxyl groups excluding tert-OH is 1. The van der Waals surface area contributed by atoms with E-state index in [-0.39, 0.29) is 11.9 Å². The topological polar surface area (TPSA) is 74.7 Å². The zero-order valence-electron chi connectivity index (χ0n) is 13.3. The average Bonchev–Trinajstić information content (AvgIpc) is 3.22. The maximum atomic E-state index is 12.8. The van der Waals surface area contributed by atoms with Crippen LogP contribution in [0.3, 0.4) is 0 Å². The minimum atomic E-state index is -3.39. The van der Waals surface area contributed by atoms with Crippen molar-refractivity contribution < 1.29 is 18.3 Å². The summed E-state index contributed by atoms with van der Waals surface area (Å²) in [6.07, 6.45) is 3.50. The van der Waals surface area contributed by atoms with Crippen LogP contribution in [0.25, 0.3) is 0 Å². The maximum absolute atomic E-state index is 12.8. The van der Waals surface area contributed by atoms with Gasteiger partial charge in [-0.3, -0.25) is 4.79 Å². The molecule has 2 fully saturated rings. The van der Waals surface area contributed by atoms with Crippen LogP contribution in [-0.4, -0.2) is 47.9 Å². The summed E-state index contributed by atoms with van der Waals surface area (Å²) in [5, 5.41) is 10.4. The Morgan fingerprint density at radius 1 is 1.35 bits per heavy atom. The summed E-state index contributed by atoms with van der Waals surface area (Å²) in [5.74, 6) is -0.261. The lowest BCUT2D eigenvalue weighted by atomic mass is 10.0. The Hall–Kier alpha value is -1.40. The van der Waals surface area contributed by atoms with Crippen molar-refractivity contribution in [3.05, 3.63) is 35.9 Å². The Bertz CT molecular complexity index is 682. The van der Waals surface area contributed by atoms with Gasteiger partial charge in [-0.25, -0.2) is 8.42 Å². The summed E-state index contributed by atoms with van der Waals surface area (Å²) in [4.78, 5) is 14.5. The molecule has 1 aliphatic carbocycles. The van der Waals surface area contributed by atoms with Gasteiger partial charge in [-0.15, -0.1) is 0 Å². The molecule has 23 heavy (non-hydrogen) atoms. The molecular weight excluding hydrogens is 314 g/mol. The zero-order valence-corrected chi connectivity index (χ0v) is 14.1. The van der Waals surface area contributed by atoms with Crippen molar-refractivity contribution in [1.82, 2.24) is 4.90 Å². The lowest BCUT2D eigenvalue weighted by molar-refractivity contribution is -0.132. The van der Waals surface area contributed by atoms with Crippen LogP contribution in [0.15, 0.2) is 30.3 Å². The van der Waals surface area contributed by atoms with Gasteiger partial charge in [0, 0.05) is 18.8 Å². The van der Waals surface area contributed by atoms with Crippen LogP contribution < -0.4 is 0 Å². The summed E-state index contributed by atoms with van der Waals surface area (Å²) in [6.45, 7) is 0.586. The monoisotopic (exact) mass is 337 g/mol. The number of nitrogens with zero attached hydrogens (tertiary/aromatic N) is 1. The van der Waals surface area contributed by atoms with E-state index in [2.05, 4.69) is 0 Å². The normalized spacial score (nSPS) is 24.4. The van der Waals surface area contributed by atoms with Gasteiger partial charge in [0.25, 0.3) is 0 Å². The standard InChI is InChI=1S/C17H23NO4S/c1-23(21,22)17(9-10-17)16(20)18-11-5-8-14(18)12-15(19)13-6-3-2-4-7-13/h2-4,6-7,14-15,19H,5,8-12H2,1H3/t14-,15+/m0/s1. The van der Waals surface area contributed by atoms with Gasteiger partial charge in [0.15, 0.2) is 14.6 Å². The third kappa shape index (κ3) is 3.02. The third-order valence-corrected chi connectivity index (χ3v) is 7.12. The minimum Gasteiger partial charge on any atom is -0.388 e. The highest BCUT2D eigenvalue weighted by molar-refractivity contribution is 7.93. The molecule has 0 radical (unpaired) electrons. The van der Waals surface area contributed by atoms with E-state index in [9.17, 15) is 18.3 Å². The van der Waals surface area contributed by atoms with Crippen LogP contribution in [0.1, 0.15) is 43.8 Å². The molecule has 0 unspecified atom stereocenters. The molecule has 1 heterocycles. The van der Waals surface area contributed by atoms with Gasteiger partial charge in [-0.1, -0.05) is 30.3 Å². The first-order valence-electron chi connectivity index (χ1n) is 8.09. The lowest BCUT2D eigenvalue weighted by Crippen LogP contribution is -2.47. The van der Waals surface area contributed by atoms with Gasteiger partial charge in [0.1, 0.15) is 0 Å². The van der Waals surface area contributed by atoms with E-state index >= 15 is 0 Å². The van der Waals surface area contributed by atoms with Crippen molar-refractivity contribution in [2.24, 2.45) is 0 Å². The Balaban J connectivity index is 1.73. The number of amides is 1. The highest BCUT2D eigenvalue weighted by atomic mass is 32.2. The summed E-state index contributed by atoms with van der Waals surface area (Å²) in [7, 11) is -3.39. The molecule has 2 atom stereocenters. The van der Waals surface area contributed by atoms with Crippen molar-refractivity contribution in [3.63, 3.8) is 0 Å². The van der Waals surface area contributed by atoms with Crippen molar-refractivity contribution in [1.29, 1.82) is 0 Å². The zero-order chi connectivity index (χ0) is 16.7. The largest absolute Gasteiger partial charge is 0.388 e. The quantitative estimate of drug-likeness (QED) is 0.887. The molecule has 0 aromatic heterocycles. The number of hydrogen-bond acceptors (Lipinski definition) is 4. The second-order valence-corrected chi connectivity index (χ2v) is 9.05. The fourth-order valence-corrected chi connectivity index (χ4v) is 4.81. The first-order chi connectivity index (χ1) is 10.8. The third-order valence-electron chi connectivity index (χ3n) is 5.12. The molecule has 6 heteroatoms. The Morgan fingerprint density at radius 2 is 2.00 bits per heavy atom. The van der Waals surface area contributed by atoms with E-state index in [0.717, 1.165) is 24.7 Å². The minimum absolute atomic E-state index is 0.0862. The van der Waals surface area contributed by atoms with E-state index in [1.54, 1.807) is 4.90 Å². The number of benzene rings is 1. The van der Waals surface area contributed by atoms with Gasteiger partial charge in [-0.05, 0) is 37.7 Å². The second-order valence-electron chi connectivity index (χ2n) is 6.72. The first-order valence-corrected chi connectivity index (χ1v) is 9.98. The Morgan fingerprint density at radius 3 is 2.57 bits per heavy atom. The molecule has 1 aromatic rings. The molecule has 3 rings (SSSR count). The predicted octanol–water partition coefficient (Wildman–Crippen LogP) is 1.68. The van der Waals surface area contributed by atoms with Crippen LogP contribution in [0, 0.1) is 0 Å². The van der Waals surface area contributed by atoms with Crippen LogP contribution in [-0.2, 0) is 14.6 Å². The number of rotatable bonds is 5. The number of aliphatic hydroxyl groups is 1. The number of carbonyl (C=O) groups is 1. The van der Waals surface area contributed by atoms with E-state index in [0.29, 0.717) is 25.8 Å². The molecule has 2 aliphatic rings. The fourth-order valence-electron chi connectivity index (χ4n) is 3.54. The highest BCUT2D eigenvalue weighted by Gasteiger charge is 2.61. The van der Waals surface area contributed by atoms with Crippen molar-refractivity contribution >= 4 is 15.7 Å². The molecule has 1 aliphatic heterocycles. The van der Waals surface area contributed by atoms with E-state index < -0.39 is 20.7 Å². The lowest BCUT2D eigenvalue weighted by Gasteiger charge is -2.29. The fraction of sp³-hybridized carbons (Fsp3) is 0.588. The van der Waals surface area contributed by atoms with Crippen LogP contribution in [0.2, 0.25) is 0 Å². The second kappa shape index (κ2) is 5.91. The van der Waals surface area contributed by atoms with Crippen LogP contribution in [0.4, 0.5) is 0 Å². The maximum Gasteiger partial charge on any atom is 0.244 e. The van der Waals surface area contributed by atoms with Crippen LogP contribution in [0.5, 0.6) is 0 Å².